The molecule has 0 saturated heterocycles. The normalized spacial score (nSPS) is 13.7. The summed E-state index contributed by atoms with van der Waals surface area (Å²) in [5.74, 6) is -1.31. The first-order chi connectivity index (χ1) is 52.0. The summed E-state index contributed by atoms with van der Waals surface area (Å²) < 4.78 is 68.9. The fraction of sp³-hybridized carbons (Fsp3) is 0.955. The Morgan fingerprint density at radius 2 is 0.430 bits per heavy atom. The molecule has 5 atom stereocenters. The van der Waals surface area contributed by atoms with Crippen molar-refractivity contribution in [2.75, 3.05) is 39.6 Å². The summed E-state index contributed by atoms with van der Waals surface area (Å²) >= 11 is 0. The molecule has 636 valence electrons. The lowest BCUT2D eigenvalue weighted by atomic mass is 10.0. The average Bonchev–Trinajstić information content (AvgIpc) is 0.913. The standard InChI is InChI=1S/C88H172O17P2/c1-6-9-12-15-18-21-24-26-28-30-32-34-36-38-40-44-48-53-58-63-68-73-87(92)105-84(78-99-86(91)72-67-62-57-52-47-43-39-37-35-33-31-29-27-25-22-19-16-13-10-7-2)80-103-107(96,97)101-76-82(89)75-100-106(94,95)102-79-83(77-98-85(90)71-66-61-56-51-23-20-17-14-11-8-3)104-88(93)74-69-64-59-54-49-45-41-42-46-50-55-60-65-70-81(4)5/h81-84,89H,6-80H2,1-5H3,(H,94,95)(H,96,97)/t82-,83+,84+/m0/s1. The Labute approximate surface area is 658 Å². The van der Waals surface area contributed by atoms with Crippen molar-refractivity contribution in [1.82, 2.24) is 0 Å². The third-order valence-electron chi connectivity index (χ3n) is 20.8. The van der Waals surface area contributed by atoms with Crippen LogP contribution in [0.25, 0.3) is 0 Å². The highest BCUT2D eigenvalue weighted by Crippen LogP contribution is 2.45. The highest BCUT2D eigenvalue weighted by atomic mass is 31.2. The maximum atomic E-state index is 13.2. The second-order valence-corrected chi connectivity index (χ2v) is 35.0. The number of hydrogen-bond acceptors (Lipinski definition) is 15. The van der Waals surface area contributed by atoms with Crippen LogP contribution in [-0.4, -0.2) is 96.7 Å². The van der Waals surface area contributed by atoms with E-state index in [2.05, 4.69) is 34.6 Å². The number of hydrogen-bond donors (Lipinski definition) is 3. The van der Waals surface area contributed by atoms with Gasteiger partial charge in [-0.1, -0.05) is 426 Å². The van der Waals surface area contributed by atoms with Gasteiger partial charge >= 0.3 is 39.5 Å². The summed E-state index contributed by atoms with van der Waals surface area (Å²) in [5.41, 5.74) is 0. The molecule has 0 saturated carbocycles. The topological polar surface area (TPSA) is 237 Å². The van der Waals surface area contributed by atoms with Gasteiger partial charge in [0.2, 0.25) is 0 Å². The lowest BCUT2D eigenvalue weighted by Gasteiger charge is -2.21. The molecular formula is C88H172O17P2. The average molecular weight is 1560 g/mol. The molecule has 0 amide bonds. The van der Waals surface area contributed by atoms with Gasteiger partial charge in [0.25, 0.3) is 0 Å². The van der Waals surface area contributed by atoms with Crippen molar-refractivity contribution >= 4 is 39.5 Å². The zero-order valence-corrected chi connectivity index (χ0v) is 72.1. The molecule has 0 aliphatic rings. The number of carbonyl (C=O) groups excluding carboxylic acids is 4. The monoisotopic (exact) mass is 1560 g/mol. The summed E-state index contributed by atoms with van der Waals surface area (Å²) in [5, 5.41) is 10.7. The molecule has 107 heavy (non-hydrogen) atoms. The van der Waals surface area contributed by atoms with E-state index >= 15 is 0 Å². The Balaban J connectivity index is 5.21. The van der Waals surface area contributed by atoms with Gasteiger partial charge in [-0.2, -0.15) is 0 Å². The van der Waals surface area contributed by atoms with Crippen LogP contribution < -0.4 is 0 Å². The van der Waals surface area contributed by atoms with Crippen LogP contribution in [0.5, 0.6) is 0 Å². The van der Waals surface area contributed by atoms with E-state index in [1.54, 1.807) is 0 Å². The highest BCUT2D eigenvalue weighted by molar-refractivity contribution is 7.47. The molecule has 17 nitrogen and oxygen atoms in total. The zero-order chi connectivity index (χ0) is 78.3. The quantitative estimate of drug-likeness (QED) is 0.0222. The van der Waals surface area contributed by atoms with Crippen LogP contribution in [-0.2, 0) is 65.4 Å². The van der Waals surface area contributed by atoms with E-state index in [-0.39, 0.29) is 25.7 Å². The zero-order valence-electron chi connectivity index (χ0n) is 70.3. The molecule has 0 heterocycles. The second kappa shape index (κ2) is 80.7. The lowest BCUT2D eigenvalue weighted by molar-refractivity contribution is -0.161. The number of ether oxygens (including phenoxy) is 4. The SMILES string of the molecule is CCCCCCCCCCCCCCCCCCCCCCCC(=O)O[C@H](COC(=O)CCCCCCCCCCCCCCCCCCCCCC)COP(=O)(O)OC[C@@H](O)COP(=O)(O)OC[C@@H](COC(=O)CCCCCCCCCCCC)OC(=O)CCCCCCCCCCCCCCCC(C)C. The minimum absolute atomic E-state index is 0.108. The molecule has 0 fully saturated rings. The van der Waals surface area contributed by atoms with E-state index in [1.807, 2.05) is 0 Å². The van der Waals surface area contributed by atoms with E-state index in [4.69, 9.17) is 37.0 Å². The van der Waals surface area contributed by atoms with Gasteiger partial charge in [-0.15, -0.1) is 0 Å². The van der Waals surface area contributed by atoms with Gasteiger partial charge in [0.05, 0.1) is 26.4 Å². The van der Waals surface area contributed by atoms with Crippen molar-refractivity contribution in [3.63, 3.8) is 0 Å². The molecule has 3 N–H and O–H groups in total. The number of phosphoric acid groups is 2. The number of phosphoric ester groups is 2. The van der Waals surface area contributed by atoms with Crippen molar-refractivity contribution in [2.24, 2.45) is 5.92 Å². The molecule has 0 radical (unpaired) electrons. The third kappa shape index (κ3) is 81.9. The molecule has 0 aliphatic carbocycles. The van der Waals surface area contributed by atoms with Crippen LogP contribution >= 0.6 is 15.6 Å². The Bertz CT molecular complexity index is 2030. The van der Waals surface area contributed by atoms with E-state index in [0.717, 1.165) is 95.8 Å². The van der Waals surface area contributed by atoms with Crippen LogP contribution in [0.3, 0.4) is 0 Å². The summed E-state index contributed by atoms with van der Waals surface area (Å²) in [6.07, 6.45) is 75.1. The summed E-state index contributed by atoms with van der Waals surface area (Å²) in [4.78, 5) is 73.3. The fourth-order valence-corrected chi connectivity index (χ4v) is 15.4. The minimum atomic E-state index is -4.97. The molecule has 0 spiro atoms. The minimum Gasteiger partial charge on any atom is -0.462 e. The molecule has 0 aromatic heterocycles. The first-order valence-electron chi connectivity index (χ1n) is 45.6. The first-order valence-corrected chi connectivity index (χ1v) is 48.6. The van der Waals surface area contributed by atoms with Gasteiger partial charge in [-0.05, 0) is 31.6 Å². The van der Waals surface area contributed by atoms with Crippen molar-refractivity contribution in [3.8, 4) is 0 Å². The first kappa shape index (κ1) is 105. The number of aliphatic hydroxyl groups is 1. The Kier molecular flexibility index (Phi) is 79.2. The van der Waals surface area contributed by atoms with Crippen molar-refractivity contribution in [3.05, 3.63) is 0 Å². The van der Waals surface area contributed by atoms with Crippen molar-refractivity contribution in [1.29, 1.82) is 0 Å². The Morgan fingerprint density at radius 1 is 0.252 bits per heavy atom. The second-order valence-electron chi connectivity index (χ2n) is 32.1. The van der Waals surface area contributed by atoms with Crippen LogP contribution in [0.15, 0.2) is 0 Å². The predicted molar refractivity (Wildman–Crippen MR) is 442 cm³/mol. The van der Waals surface area contributed by atoms with Crippen molar-refractivity contribution < 1.29 is 80.2 Å². The van der Waals surface area contributed by atoms with Gasteiger partial charge in [-0.25, -0.2) is 9.13 Å². The summed E-state index contributed by atoms with van der Waals surface area (Å²) in [7, 11) is -9.93. The Morgan fingerprint density at radius 3 is 0.636 bits per heavy atom. The maximum absolute atomic E-state index is 13.2. The van der Waals surface area contributed by atoms with Crippen molar-refractivity contribution in [2.45, 2.75) is 496 Å². The molecule has 0 aromatic rings. The van der Waals surface area contributed by atoms with Gasteiger partial charge in [0, 0.05) is 25.7 Å². The lowest BCUT2D eigenvalue weighted by Crippen LogP contribution is -2.30. The number of rotatable bonds is 88. The molecule has 19 heteroatoms. The molecule has 0 bridgehead atoms. The number of esters is 4. The smallest absolute Gasteiger partial charge is 0.462 e. The summed E-state index contributed by atoms with van der Waals surface area (Å²) in [6.45, 7) is 7.38. The molecule has 0 aromatic carbocycles. The van der Waals surface area contributed by atoms with Gasteiger partial charge in [-0.3, -0.25) is 37.3 Å². The van der Waals surface area contributed by atoms with Gasteiger partial charge in [0.15, 0.2) is 12.2 Å². The summed E-state index contributed by atoms with van der Waals surface area (Å²) in [6, 6.07) is 0. The number of unbranched alkanes of at least 4 members (excludes halogenated alkanes) is 60. The Hall–Kier alpha value is -1.94. The van der Waals surface area contributed by atoms with E-state index in [9.17, 15) is 43.2 Å². The van der Waals surface area contributed by atoms with E-state index in [0.29, 0.717) is 25.7 Å². The van der Waals surface area contributed by atoms with Gasteiger partial charge in [0.1, 0.15) is 19.3 Å². The molecular weight excluding hydrogens is 1390 g/mol. The van der Waals surface area contributed by atoms with Crippen LogP contribution in [0, 0.1) is 5.92 Å². The molecule has 0 rings (SSSR count). The number of carbonyl (C=O) groups is 4. The van der Waals surface area contributed by atoms with Crippen LogP contribution in [0.4, 0.5) is 0 Å². The highest BCUT2D eigenvalue weighted by Gasteiger charge is 2.30. The molecule has 0 aliphatic heterocycles. The molecule has 2 unspecified atom stereocenters. The largest absolute Gasteiger partial charge is 0.472 e. The predicted octanol–water partition coefficient (Wildman–Crippen LogP) is 27.2. The number of aliphatic hydroxyl groups excluding tert-OH is 1. The van der Waals surface area contributed by atoms with Gasteiger partial charge < -0.3 is 33.8 Å². The van der Waals surface area contributed by atoms with Crippen LogP contribution in [0.2, 0.25) is 0 Å². The third-order valence-corrected chi connectivity index (χ3v) is 22.7. The van der Waals surface area contributed by atoms with Crippen LogP contribution in [0.1, 0.15) is 478 Å². The fourth-order valence-electron chi connectivity index (χ4n) is 13.8. The van der Waals surface area contributed by atoms with E-state index < -0.39 is 97.5 Å². The maximum Gasteiger partial charge on any atom is 0.472 e. The van der Waals surface area contributed by atoms with E-state index in [1.165, 1.54) is 302 Å².